The van der Waals surface area contributed by atoms with Gasteiger partial charge in [0.2, 0.25) is 0 Å². The van der Waals surface area contributed by atoms with Gasteiger partial charge in [-0.3, -0.25) is 0 Å². The Morgan fingerprint density at radius 3 is 2.00 bits per heavy atom. The summed E-state index contributed by atoms with van der Waals surface area (Å²) in [6, 6.07) is 2.81. The summed E-state index contributed by atoms with van der Waals surface area (Å²) >= 11 is 0. The van der Waals surface area contributed by atoms with E-state index in [0.29, 0.717) is 0 Å². The van der Waals surface area contributed by atoms with Gasteiger partial charge in [0.05, 0.1) is 16.1 Å². The van der Waals surface area contributed by atoms with E-state index in [1.54, 1.807) is 0 Å². The van der Waals surface area contributed by atoms with Gasteiger partial charge in [0.15, 0.2) is 9.84 Å². The molecule has 0 N–H and O–H groups in total. The fraction of sp³-hybridized carbons (Fsp3) is 0.571. The minimum absolute atomic E-state index is 0.0136. The maximum Gasteiger partial charge on any atom is 0.497 e. The molecule has 1 fully saturated rings. The highest BCUT2D eigenvalue weighted by Gasteiger charge is 2.52. The van der Waals surface area contributed by atoms with Crippen LogP contribution in [-0.4, -0.2) is 33.0 Å². The molecule has 0 amide bonds. The molecule has 21 heavy (non-hydrogen) atoms. The Hall–Kier alpha value is -0.915. The van der Waals surface area contributed by atoms with E-state index in [1.807, 2.05) is 27.7 Å². The van der Waals surface area contributed by atoms with E-state index in [4.69, 9.17) is 9.31 Å². The van der Waals surface area contributed by atoms with E-state index in [9.17, 15) is 12.8 Å². The molecule has 0 aromatic heterocycles. The van der Waals surface area contributed by atoms with Gasteiger partial charge < -0.3 is 9.31 Å². The quantitative estimate of drug-likeness (QED) is 0.782. The molecular weight excluding hydrogens is 294 g/mol. The van der Waals surface area contributed by atoms with Gasteiger partial charge in [-0.15, -0.1) is 0 Å². The number of hydrogen-bond acceptors (Lipinski definition) is 4. The summed E-state index contributed by atoms with van der Waals surface area (Å²) in [6.07, 6.45) is 1.06. The van der Waals surface area contributed by atoms with Crippen LogP contribution in [0.1, 0.15) is 33.3 Å². The van der Waals surface area contributed by atoms with Crippen molar-refractivity contribution >= 4 is 22.4 Å². The molecule has 116 valence electrons. The Kier molecular flexibility index (Phi) is 3.76. The molecule has 0 saturated carbocycles. The SMILES string of the molecule is Cc1c(S(C)(=O)=O)ccc(B2OC(C)(C)C(C)(C)O2)c1F. The molecule has 4 nitrogen and oxygen atoms in total. The van der Waals surface area contributed by atoms with Gasteiger partial charge >= 0.3 is 7.12 Å². The van der Waals surface area contributed by atoms with Crippen LogP contribution in [0.2, 0.25) is 0 Å². The minimum atomic E-state index is -3.46. The lowest BCUT2D eigenvalue weighted by atomic mass is 9.78. The van der Waals surface area contributed by atoms with E-state index in [2.05, 4.69) is 0 Å². The Bertz CT molecular complexity index is 666. The van der Waals surface area contributed by atoms with Crippen molar-refractivity contribution in [1.29, 1.82) is 0 Å². The largest absolute Gasteiger partial charge is 0.497 e. The van der Waals surface area contributed by atoms with Gasteiger partial charge in [-0.1, -0.05) is 6.07 Å². The summed E-state index contributed by atoms with van der Waals surface area (Å²) in [5, 5.41) is 0. The average Bonchev–Trinajstić information content (AvgIpc) is 2.50. The van der Waals surface area contributed by atoms with Crippen molar-refractivity contribution in [2.24, 2.45) is 0 Å². The van der Waals surface area contributed by atoms with E-state index >= 15 is 0 Å². The second-order valence-corrected chi connectivity index (χ2v) is 8.44. The number of sulfone groups is 1. The van der Waals surface area contributed by atoms with Crippen LogP contribution in [0.5, 0.6) is 0 Å². The number of hydrogen-bond donors (Lipinski definition) is 0. The first-order chi connectivity index (χ1) is 9.37. The fourth-order valence-corrected chi connectivity index (χ4v) is 3.20. The standard InChI is InChI=1S/C14H20BFO4S/c1-9-11(21(6,17)18)8-7-10(12(9)16)15-19-13(2,3)14(4,5)20-15/h7-8H,1-6H3. The molecule has 2 rings (SSSR count). The van der Waals surface area contributed by atoms with Crippen molar-refractivity contribution in [2.45, 2.75) is 50.7 Å². The zero-order valence-corrected chi connectivity index (χ0v) is 14.0. The molecule has 1 aromatic carbocycles. The van der Waals surface area contributed by atoms with Crippen molar-refractivity contribution in [3.63, 3.8) is 0 Å². The summed E-state index contributed by atoms with van der Waals surface area (Å²) in [5.74, 6) is -0.601. The molecule has 0 bridgehead atoms. The third kappa shape index (κ3) is 2.74. The topological polar surface area (TPSA) is 52.6 Å². The molecule has 1 saturated heterocycles. The third-order valence-corrected chi connectivity index (χ3v) is 5.51. The van der Waals surface area contributed by atoms with E-state index in [1.165, 1.54) is 19.1 Å². The van der Waals surface area contributed by atoms with Crippen molar-refractivity contribution < 1.29 is 22.1 Å². The van der Waals surface area contributed by atoms with Gasteiger partial charge in [0.1, 0.15) is 5.82 Å². The summed E-state index contributed by atoms with van der Waals surface area (Å²) in [6.45, 7) is 8.96. The molecular formula is C14H20BFO4S. The predicted octanol–water partition coefficient (Wildman–Crippen LogP) is 1.84. The van der Waals surface area contributed by atoms with Crippen LogP contribution in [0.3, 0.4) is 0 Å². The molecule has 1 heterocycles. The molecule has 7 heteroatoms. The third-order valence-electron chi connectivity index (χ3n) is 4.27. The van der Waals surface area contributed by atoms with Crippen LogP contribution in [0.4, 0.5) is 4.39 Å². The van der Waals surface area contributed by atoms with E-state index in [-0.39, 0.29) is 15.9 Å². The number of rotatable bonds is 2. The molecule has 0 spiro atoms. The van der Waals surface area contributed by atoms with Crippen LogP contribution in [0.15, 0.2) is 17.0 Å². The zero-order chi connectivity index (χ0) is 16.2. The smallest absolute Gasteiger partial charge is 0.399 e. The lowest BCUT2D eigenvalue weighted by Gasteiger charge is -2.32. The number of benzene rings is 1. The molecule has 0 radical (unpaired) electrons. The van der Waals surface area contributed by atoms with Gasteiger partial charge in [0, 0.05) is 17.3 Å². The van der Waals surface area contributed by atoms with Gasteiger partial charge in [-0.25, -0.2) is 12.8 Å². The summed E-state index contributed by atoms with van der Waals surface area (Å²) in [4.78, 5) is -0.0136. The van der Waals surface area contributed by atoms with Crippen molar-refractivity contribution in [3.05, 3.63) is 23.5 Å². The molecule has 1 aliphatic heterocycles. The maximum atomic E-state index is 14.5. The van der Waals surface area contributed by atoms with Gasteiger partial charge in [-0.05, 0) is 40.7 Å². The summed E-state index contributed by atoms with van der Waals surface area (Å²) in [7, 11) is -4.31. The first kappa shape index (κ1) is 16.5. The summed E-state index contributed by atoms with van der Waals surface area (Å²) in [5.41, 5.74) is -0.843. The fourth-order valence-electron chi connectivity index (χ4n) is 2.24. The number of halogens is 1. The van der Waals surface area contributed by atoms with Crippen molar-refractivity contribution in [1.82, 2.24) is 0 Å². The molecule has 0 unspecified atom stereocenters. The van der Waals surface area contributed by atoms with Crippen LogP contribution in [-0.2, 0) is 19.1 Å². The van der Waals surface area contributed by atoms with E-state index < -0.39 is 34.0 Å². The Labute approximate surface area is 125 Å². The highest BCUT2D eigenvalue weighted by atomic mass is 32.2. The second kappa shape index (κ2) is 4.79. The highest BCUT2D eigenvalue weighted by Crippen LogP contribution is 2.36. The van der Waals surface area contributed by atoms with Crippen LogP contribution in [0.25, 0.3) is 0 Å². The highest BCUT2D eigenvalue weighted by molar-refractivity contribution is 7.90. The van der Waals surface area contributed by atoms with Gasteiger partial charge in [0.25, 0.3) is 0 Å². The first-order valence-corrected chi connectivity index (χ1v) is 8.61. The van der Waals surface area contributed by atoms with E-state index in [0.717, 1.165) is 6.26 Å². The minimum Gasteiger partial charge on any atom is -0.399 e. The Morgan fingerprint density at radius 2 is 1.57 bits per heavy atom. The molecule has 1 aliphatic rings. The Balaban J connectivity index is 2.47. The lowest BCUT2D eigenvalue weighted by Crippen LogP contribution is -2.41. The second-order valence-electron chi connectivity index (χ2n) is 6.45. The lowest BCUT2D eigenvalue weighted by molar-refractivity contribution is 0.00578. The Morgan fingerprint density at radius 1 is 1.10 bits per heavy atom. The normalized spacial score (nSPS) is 20.8. The molecule has 0 aliphatic carbocycles. The monoisotopic (exact) mass is 314 g/mol. The van der Waals surface area contributed by atoms with Crippen LogP contribution >= 0.6 is 0 Å². The first-order valence-electron chi connectivity index (χ1n) is 6.71. The zero-order valence-electron chi connectivity index (χ0n) is 13.2. The molecule has 0 atom stereocenters. The van der Waals surface area contributed by atoms with Crippen LogP contribution < -0.4 is 5.46 Å². The van der Waals surface area contributed by atoms with Crippen LogP contribution in [0, 0.1) is 12.7 Å². The predicted molar refractivity (Wildman–Crippen MR) is 80.0 cm³/mol. The molecule has 1 aromatic rings. The van der Waals surface area contributed by atoms with Crippen molar-refractivity contribution in [2.75, 3.05) is 6.26 Å². The average molecular weight is 314 g/mol. The van der Waals surface area contributed by atoms with Crippen molar-refractivity contribution in [3.8, 4) is 0 Å². The summed E-state index contributed by atoms with van der Waals surface area (Å²) < 4.78 is 49.4. The van der Waals surface area contributed by atoms with Gasteiger partial charge in [-0.2, -0.15) is 0 Å². The maximum absolute atomic E-state index is 14.5.